The molecule has 0 radical (unpaired) electrons. The molecular weight excluding hydrogens is 863 g/mol. The third-order valence-corrected chi connectivity index (χ3v) is 14.1. The zero-order chi connectivity index (χ0) is 46.8. The Hall–Kier alpha value is -9.58. The molecule has 4 heterocycles. The summed E-state index contributed by atoms with van der Waals surface area (Å²) in [4.78, 5) is 12.2. The van der Waals surface area contributed by atoms with E-state index in [0.717, 1.165) is 83.6 Å². The highest BCUT2D eigenvalue weighted by Crippen LogP contribution is 2.43. The molecule has 5 nitrogen and oxygen atoms in total. The minimum absolute atomic E-state index is 0.959. The Balaban J connectivity index is 0.926. The van der Waals surface area contributed by atoms with E-state index in [9.17, 15) is 0 Å². The molecule has 0 atom stereocenters. The Bertz CT molecular complexity index is 4210. The Morgan fingerprint density at radius 1 is 0.268 bits per heavy atom. The summed E-state index contributed by atoms with van der Waals surface area (Å²) in [5.74, 6) is 0. The minimum Gasteiger partial charge on any atom is -0.310 e. The molecule has 14 aromatic rings. The molecule has 0 saturated carbocycles. The standard InChI is InChI=1S/C66H43N5/c1-3-19-50(20-4-1)70-61-28-12-11-27-57(61)59-42-64-60(43-63(59)70)58-41-47(31-34-62(58)71(64)51-21-5-2-6-22-51)44-29-32-52(33-30-44)69(53-23-13-17-48(39-53)65-55-25-9-7-15-45(55)35-37-67-65)54-24-14-18-49(40-54)66-56-26-10-8-16-46(56)36-38-68-66/h1-43H. The first-order valence-electron chi connectivity index (χ1n) is 24.1. The molecule has 0 aliphatic carbocycles. The van der Waals surface area contributed by atoms with Gasteiger partial charge in [-0.2, -0.15) is 0 Å². The van der Waals surface area contributed by atoms with Gasteiger partial charge in [0.2, 0.25) is 0 Å². The third kappa shape index (κ3) is 6.78. The summed E-state index contributed by atoms with van der Waals surface area (Å²) in [5.41, 5.74) is 16.4. The Morgan fingerprint density at radius 3 is 1.31 bits per heavy atom. The maximum absolute atomic E-state index is 4.92. The lowest BCUT2D eigenvalue weighted by molar-refractivity contribution is 1.17. The van der Waals surface area contributed by atoms with Crippen molar-refractivity contribution in [3.63, 3.8) is 0 Å². The maximum atomic E-state index is 4.92. The molecule has 0 unspecified atom stereocenters. The van der Waals surface area contributed by atoms with Crippen LogP contribution < -0.4 is 4.90 Å². The van der Waals surface area contributed by atoms with Crippen molar-refractivity contribution in [1.82, 2.24) is 19.1 Å². The highest BCUT2D eigenvalue weighted by molar-refractivity contribution is 6.19. The number of hydrogen-bond acceptors (Lipinski definition) is 3. The van der Waals surface area contributed by atoms with Gasteiger partial charge in [-0.3, -0.25) is 9.97 Å². The summed E-state index contributed by atoms with van der Waals surface area (Å²) in [5, 5.41) is 9.46. The molecule has 0 fully saturated rings. The topological polar surface area (TPSA) is 38.9 Å². The molecule has 10 aromatic carbocycles. The van der Waals surface area contributed by atoms with Crippen LogP contribution in [0.2, 0.25) is 0 Å². The number of anilines is 3. The van der Waals surface area contributed by atoms with Gasteiger partial charge in [0.1, 0.15) is 0 Å². The van der Waals surface area contributed by atoms with E-state index in [2.05, 4.69) is 263 Å². The summed E-state index contributed by atoms with van der Waals surface area (Å²) >= 11 is 0. The van der Waals surface area contributed by atoms with Crippen LogP contribution in [0.4, 0.5) is 17.1 Å². The molecular formula is C66H43N5. The summed E-state index contributed by atoms with van der Waals surface area (Å²) < 4.78 is 4.83. The van der Waals surface area contributed by atoms with Crippen LogP contribution in [-0.4, -0.2) is 19.1 Å². The van der Waals surface area contributed by atoms with E-state index < -0.39 is 0 Å². The third-order valence-electron chi connectivity index (χ3n) is 14.1. The van der Waals surface area contributed by atoms with Gasteiger partial charge in [0.15, 0.2) is 0 Å². The van der Waals surface area contributed by atoms with E-state index in [1.54, 1.807) is 0 Å². The Morgan fingerprint density at radius 2 is 0.732 bits per heavy atom. The van der Waals surface area contributed by atoms with Gasteiger partial charge in [-0.1, -0.05) is 146 Å². The van der Waals surface area contributed by atoms with Crippen molar-refractivity contribution < 1.29 is 0 Å². The van der Waals surface area contributed by atoms with Crippen molar-refractivity contribution in [1.29, 1.82) is 0 Å². The van der Waals surface area contributed by atoms with Crippen molar-refractivity contribution in [2.45, 2.75) is 0 Å². The first kappa shape index (κ1) is 40.5. The van der Waals surface area contributed by atoms with Gasteiger partial charge in [0, 0.05) is 84.3 Å². The number of fused-ring (bicyclic) bond motifs is 8. The van der Waals surface area contributed by atoms with E-state index in [-0.39, 0.29) is 0 Å². The van der Waals surface area contributed by atoms with E-state index in [1.807, 2.05) is 12.4 Å². The highest BCUT2D eigenvalue weighted by atomic mass is 15.1. The van der Waals surface area contributed by atoms with Gasteiger partial charge in [0.05, 0.1) is 33.5 Å². The van der Waals surface area contributed by atoms with Gasteiger partial charge in [-0.25, -0.2) is 0 Å². The van der Waals surface area contributed by atoms with E-state index in [1.165, 1.54) is 43.6 Å². The van der Waals surface area contributed by atoms with Crippen LogP contribution in [0.1, 0.15) is 0 Å². The highest BCUT2D eigenvalue weighted by Gasteiger charge is 2.21. The fourth-order valence-corrected chi connectivity index (χ4v) is 10.9. The molecule has 0 amide bonds. The smallest absolute Gasteiger partial charge is 0.0781 e. The first-order valence-corrected chi connectivity index (χ1v) is 24.1. The lowest BCUT2D eigenvalue weighted by Gasteiger charge is -2.27. The second kappa shape index (κ2) is 16.6. The van der Waals surface area contributed by atoms with E-state index in [4.69, 9.17) is 9.97 Å². The zero-order valence-electron chi connectivity index (χ0n) is 38.6. The molecule has 0 N–H and O–H groups in total. The number of pyridine rings is 2. The SMILES string of the molecule is c1ccc(-n2c3ccccc3c3cc4c(cc32)c2cc(-c3ccc(N(c5cccc(-c6nccc7ccccc67)c5)c5cccc(-c6nccc7ccccc67)c5)cc3)ccc2n4-c2ccccc2)cc1. The number of hydrogen-bond donors (Lipinski definition) is 0. The summed E-state index contributed by atoms with van der Waals surface area (Å²) in [6.45, 7) is 0. The predicted octanol–water partition coefficient (Wildman–Crippen LogP) is 17.4. The molecule has 0 spiro atoms. The average molecular weight is 906 g/mol. The Kier molecular flexibility index (Phi) is 9.46. The van der Waals surface area contributed by atoms with Crippen molar-refractivity contribution in [2.24, 2.45) is 0 Å². The van der Waals surface area contributed by atoms with Crippen molar-refractivity contribution in [3.05, 3.63) is 261 Å². The van der Waals surface area contributed by atoms with Gasteiger partial charge >= 0.3 is 0 Å². The fourth-order valence-electron chi connectivity index (χ4n) is 10.9. The largest absolute Gasteiger partial charge is 0.310 e. The van der Waals surface area contributed by atoms with Gasteiger partial charge in [-0.15, -0.1) is 0 Å². The molecule has 0 bridgehead atoms. The quantitative estimate of drug-likeness (QED) is 0.152. The van der Waals surface area contributed by atoms with Crippen LogP contribution in [0.25, 0.3) is 110 Å². The van der Waals surface area contributed by atoms with Gasteiger partial charge in [-0.05, 0) is 125 Å². The number of benzene rings is 10. The van der Waals surface area contributed by atoms with Crippen LogP contribution in [0.5, 0.6) is 0 Å². The van der Waals surface area contributed by atoms with Crippen molar-refractivity contribution in [2.75, 3.05) is 4.90 Å². The number of para-hydroxylation sites is 3. The zero-order valence-corrected chi connectivity index (χ0v) is 38.6. The summed E-state index contributed by atoms with van der Waals surface area (Å²) in [6, 6.07) is 89.6. The maximum Gasteiger partial charge on any atom is 0.0781 e. The predicted molar refractivity (Wildman–Crippen MR) is 297 cm³/mol. The molecule has 71 heavy (non-hydrogen) atoms. The van der Waals surface area contributed by atoms with Gasteiger partial charge in [0.25, 0.3) is 0 Å². The molecule has 4 aromatic heterocycles. The summed E-state index contributed by atoms with van der Waals surface area (Å²) in [6.07, 6.45) is 3.81. The number of nitrogens with zero attached hydrogens (tertiary/aromatic N) is 5. The average Bonchev–Trinajstić information content (AvgIpc) is 3.94. The monoisotopic (exact) mass is 905 g/mol. The van der Waals surface area contributed by atoms with Crippen molar-refractivity contribution >= 4 is 82.2 Å². The van der Waals surface area contributed by atoms with Crippen molar-refractivity contribution in [3.8, 4) is 45.0 Å². The van der Waals surface area contributed by atoms with Crippen LogP contribution in [0.15, 0.2) is 261 Å². The minimum atomic E-state index is 0.959. The van der Waals surface area contributed by atoms with E-state index in [0.29, 0.717) is 0 Å². The van der Waals surface area contributed by atoms with Crippen LogP contribution in [-0.2, 0) is 0 Å². The molecule has 332 valence electrons. The van der Waals surface area contributed by atoms with Gasteiger partial charge < -0.3 is 14.0 Å². The second-order valence-electron chi connectivity index (χ2n) is 18.2. The second-order valence-corrected chi connectivity index (χ2v) is 18.2. The lowest BCUT2D eigenvalue weighted by atomic mass is 10.0. The first-order chi connectivity index (χ1) is 35.2. The molecule has 0 aliphatic rings. The molecule has 0 aliphatic heterocycles. The van der Waals surface area contributed by atoms with Crippen LogP contribution in [0.3, 0.4) is 0 Å². The molecule has 14 rings (SSSR count). The normalized spacial score (nSPS) is 11.7. The van der Waals surface area contributed by atoms with E-state index >= 15 is 0 Å². The lowest BCUT2D eigenvalue weighted by Crippen LogP contribution is -2.10. The molecule has 0 saturated heterocycles. The number of rotatable bonds is 8. The Labute approximate surface area is 410 Å². The van der Waals surface area contributed by atoms with Crippen LogP contribution >= 0.6 is 0 Å². The fraction of sp³-hybridized carbons (Fsp3) is 0. The van der Waals surface area contributed by atoms with Crippen LogP contribution in [0, 0.1) is 0 Å². The molecule has 5 heteroatoms. The number of aromatic nitrogens is 4. The summed E-state index contributed by atoms with van der Waals surface area (Å²) in [7, 11) is 0.